The molecule has 1 aromatic carbocycles. The molecule has 0 spiro atoms. The second-order valence-corrected chi connectivity index (χ2v) is 9.16. The second kappa shape index (κ2) is 8.98. The number of benzene rings is 1. The number of quaternary nitrogens is 1. The molecule has 0 amide bonds. The fourth-order valence-corrected chi connectivity index (χ4v) is 4.84. The van der Waals surface area contributed by atoms with Crippen molar-refractivity contribution < 1.29 is 9.64 Å². The number of ether oxygens (including phenoxy) is 1. The fourth-order valence-electron chi connectivity index (χ4n) is 3.03. The van der Waals surface area contributed by atoms with Crippen LogP contribution in [0.1, 0.15) is 19.4 Å². The summed E-state index contributed by atoms with van der Waals surface area (Å²) in [5, 5.41) is 12.8. The number of nitrogens with zero attached hydrogens (tertiary/aromatic N) is 2. The van der Waals surface area contributed by atoms with Gasteiger partial charge in [-0.05, 0) is 18.6 Å². The molecule has 25 heavy (non-hydrogen) atoms. The molecule has 2 N–H and O–H groups in total. The summed E-state index contributed by atoms with van der Waals surface area (Å²) in [5.41, 5.74) is 2.29. The van der Waals surface area contributed by atoms with E-state index in [0.29, 0.717) is 6.10 Å². The number of anilines is 2. The van der Waals surface area contributed by atoms with Crippen LogP contribution in [0.3, 0.4) is 0 Å². The summed E-state index contributed by atoms with van der Waals surface area (Å²) < 4.78 is 6.92. The normalized spacial score (nSPS) is 20.8. The molecule has 2 atom stereocenters. The van der Waals surface area contributed by atoms with Crippen LogP contribution in [-0.4, -0.2) is 48.3 Å². The maximum Gasteiger partial charge on any atom is 0.210 e. The minimum Gasteiger partial charge on any atom is -0.366 e. The Hall–Kier alpha value is -1.15. The Kier molecular flexibility index (Phi) is 6.70. The number of aryl methyl sites for hydroxylation is 1. The van der Waals surface area contributed by atoms with E-state index < -0.39 is 0 Å². The first-order chi connectivity index (χ1) is 12.1. The molecule has 2 aromatic rings. The first-order valence-electron chi connectivity index (χ1n) is 8.84. The number of para-hydroxylation sites is 1. The molecule has 7 heteroatoms. The van der Waals surface area contributed by atoms with Gasteiger partial charge in [-0.15, -0.1) is 10.2 Å². The largest absolute Gasteiger partial charge is 0.366 e. The highest BCUT2D eigenvalue weighted by Gasteiger charge is 2.24. The highest BCUT2D eigenvalue weighted by atomic mass is 32.2. The van der Waals surface area contributed by atoms with Crippen LogP contribution in [0, 0.1) is 12.8 Å². The number of thioether (sulfide) groups is 1. The van der Waals surface area contributed by atoms with Crippen molar-refractivity contribution in [3.63, 3.8) is 0 Å². The Labute approximate surface area is 158 Å². The van der Waals surface area contributed by atoms with E-state index in [0.717, 1.165) is 46.5 Å². The zero-order chi connectivity index (χ0) is 17.6. The van der Waals surface area contributed by atoms with Gasteiger partial charge in [-0.1, -0.05) is 55.1 Å². The van der Waals surface area contributed by atoms with Gasteiger partial charge in [0.1, 0.15) is 19.2 Å². The van der Waals surface area contributed by atoms with Gasteiger partial charge in [0.2, 0.25) is 5.13 Å². The number of aromatic nitrogens is 2. The van der Waals surface area contributed by atoms with Crippen LogP contribution in [-0.2, 0) is 4.74 Å². The molecule has 0 radical (unpaired) electrons. The molecule has 0 saturated carbocycles. The number of nitrogens with one attached hydrogen (secondary N) is 2. The van der Waals surface area contributed by atoms with Crippen LogP contribution in [0.25, 0.3) is 0 Å². The molecule has 1 unspecified atom stereocenters. The molecule has 1 saturated heterocycles. The second-order valence-electron chi connectivity index (χ2n) is 6.92. The molecule has 1 aliphatic rings. The maximum absolute atomic E-state index is 5.93. The van der Waals surface area contributed by atoms with Crippen LogP contribution in [0.2, 0.25) is 0 Å². The smallest absolute Gasteiger partial charge is 0.210 e. The quantitative estimate of drug-likeness (QED) is 0.725. The molecule has 0 aliphatic carbocycles. The topological polar surface area (TPSA) is 51.5 Å². The van der Waals surface area contributed by atoms with Gasteiger partial charge in [-0.25, -0.2) is 0 Å². The molecule has 1 fully saturated rings. The Morgan fingerprint density at radius 3 is 3.00 bits per heavy atom. The van der Waals surface area contributed by atoms with Crippen molar-refractivity contribution in [1.29, 1.82) is 0 Å². The Bertz CT molecular complexity index is 677. The van der Waals surface area contributed by atoms with Gasteiger partial charge in [0.25, 0.3) is 0 Å². The van der Waals surface area contributed by atoms with Gasteiger partial charge in [0, 0.05) is 17.4 Å². The predicted molar refractivity (Wildman–Crippen MR) is 105 cm³/mol. The summed E-state index contributed by atoms with van der Waals surface area (Å²) >= 11 is 3.35. The first kappa shape index (κ1) is 18.6. The molecule has 136 valence electrons. The number of hydrogen-bond acceptors (Lipinski definition) is 6. The van der Waals surface area contributed by atoms with Gasteiger partial charge in [-0.2, -0.15) is 0 Å². The van der Waals surface area contributed by atoms with Crippen molar-refractivity contribution in [2.75, 3.05) is 37.3 Å². The molecule has 2 heterocycles. The monoisotopic (exact) mass is 379 g/mol. The third-order valence-corrected chi connectivity index (χ3v) is 6.31. The van der Waals surface area contributed by atoms with Crippen molar-refractivity contribution >= 4 is 33.9 Å². The van der Waals surface area contributed by atoms with Crippen molar-refractivity contribution in [2.45, 2.75) is 31.2 Å². The molecular formula is C18H27N4OS2+. The molecule has 1 aromatic heterocycles. The zero-order valence-corrected chi connectivity index (χ0v) is 16.8. The first-order valence-corrected chi connectivity index (χ1v) is 10.6. The average Bonchev–Trinajstić information content (AvgIpc) is 3.02. The van der Waals surface area contributed by atoms with Crippen molar-refractivity contribution in [1.82, 2.24) is 10.2 Å². The number of rotatable bonds is 7. The molecule has 1 aliphatic heterocycles. The van der Waals surface area contributed by atoms with Gasteiger partial charge < -0.3 is 15.0 Å². The van der Waals surface area contributed by atoms with E-state index in [1.165, 1.54) is 12.1 Å². The van der Waals surface area contributed by atoms with Crippen LogP contribution < -0.4 is 10.2 Å². The van der Waals surface area contributed by atoms with Crippen LogP contribution in [0.5, 0.6) is 0 Å². The summed E-state index contributed by atoms with van der Waals surface area (Å²) in [5.74, 6) is 1.68. The summed E-state index contributed by atoms with van der Waals surface area (Å²) in [6.45, 7) is 11.0. The fraction of sp³-hybridized carbons (Fsp3) is 0.556. The summed E-state index contributed by atoms with van der Waals surface area (Å²) in [6, 6.07) is 8.21. The zero-order valence-electron chi connectivity index (χ0n) is 15.1. The Morgan fingerprint density at radius 2 is 2.20 bits per heavy atom. The lowest BCUT2D eigenvalue weighted by molar-refractivity contribution is -0.914. The maximum atomic E-state index is 5.93. The lowest BCUT2D eigenvalue weighted by atomic mass is 10.2. The minimum atomic E-state index is 0.309. The standard InChI is InChI=1S/C18H26N4OS2/c1-13(2)10-22-8-9-23-15(11-22)12-24-18-21-20-17(25-18)19-16-7-5-4-6-14(16)3/h4-7,13,15H,8-12H2,1-3H3,(H,19,20)/p+1/t15-/m1/s1. The van der Waals surface area contributed by atoms with Gasteiger partial charge in [0.15, 0.2) is 4.34 Å². The van der Waals surface area contributed by atoms with E-state index in [4.69, 9.17) is 4.74 Å². The molecular weight excluding hydrogens is 352 g/mol. The number of morpholine rings is 1. The average molecular weight is 380 g/mol. The number of hydrogen-bond donors (Lipinski definition) is 2. The van der Waals surface area contributed by atoms with E-state index in [1.807, 2.05) is 12.1 Å². The molecule has 0 bridgehead atoms. The summed E-state index contributed by atoms with van der Waals surface area (Å²) in [4.78, 5) is 1.66. The van der Waals surface area contributed by atoms with E-state index in [2.05, 4.69) is 48.4 Å². The van der Waals surface area contributed by atoms with Crippen molar-refractivity contribution in [3.05, 3.63) is 29.8 Å². The van der Waals surface area contributed by atoms with Gasteiger partial charge in [0.05, 0.1) is 13.2 Å². The van der Waals surface area contributed by atoms with E-state index >= 15 is 0 Å². The van der Waals surface area contributed by atoms with Crippen molar-refractivity contribution in [3.8, 4) is 0 Å². The molecule has 5 nitrogen and oxygen atoms in total. The van der Waals surface area contributed by atoms with Gasteiger partial charge in [-0.3, -0.25) is 0 Å². The third-order valence-electron chi connectivity index (χ3n) is 4.21. The van der Waals surface area contributed by atoms with Crippen LogP contribution >= 0.6 is 23.1 Å². The van der Waals surface area contributed by atoms with E-state index in [9.17, 15) is 0 Å². The highest BCUT2D eigenvalue weighted by Crippen LogP contribution is 2.29. The lowest BCUT2D eigenvalue weighted by Gasteiger charge is -2.30. The van der Waals surface area contributed by atoms with E-state index in [-0.39, 0.29) is 0 Å². The van der Waals surface area contributed by atoms with Gasteiger partial charge >= 0.3 is 0 Å². The third kappa shape index (κ3) is 5.67. The lowest BCUT2D eigenvalue weighted by Crippen LogP contribution is -3.15. The van der Waals surface area contributed by atoms with Crippen molar-refractivity contribution in [2.24, 2.45) is 5.92 Å². The van der Waals surface area contributed by atoms with Crippen LogP contribution in [0.4, 0.5) is 10.8 Å². The Balaban J connectivity index is 1.49. The highest BCUT2D eigenvalue weighted by molar-refractivity contribution is 8.01. The van der Waals surface area contributed by atoms with Crippen LogP contribution in [0.15, 0.2) is 28.6 Å². The minimum absolute atomic E-state index is 0.309. The Morgan fingerprint density at radius 1 is 1.36 bits per heavy atom. The summed E-state index contributed by atoms with van der Waals surface area (Å²) in [6.07, 6.45) is 0.309. The van der Waals surface area contributed by atoms with E-state index in [1.54, 1.807) is 28.0 Å². The predicted octanol–water partition coefficient (Wildman–Crippen LogP) is 2.62. The molecule has 3 rings (SSSR count). The SMILES string of the molecule is Cc1ccccc1Nc1nnc(SC[C@H]2C[NH+](CC(C)C)CCO2)s1. The summed E-state index contributed by atoms with van der Waals surface area (Å²) in [7, 11) is 0.